The summed E-state index contributed by atoms with van der Waals surface area (Å²) in [5.41, 5.74) is 3.24. The fourth-order valence-corrected chi connectivity index (χ4v) is 5.38. The molecule has 0 aliphatic carbocycles. The second-order valence-electron chi connectivity index (χ2n) is 10.0. The number of rotatable bonds is 8. The van der Waals surface area contributed by atoms with Crippen molar-refractivity contribution in [2.75, 3.05) is 37.6 Å². The van der Waals surface area contributed by atoms with Crippen LogP contribution in [0.15, 0.2) is 72.8 Å². The number of likely N-dealkylation sites (tertiary alicyclic amines) is 1. The second-order valence-corrected chi connectivity index (χ2v) is 10.0. The van der Waals surface area contributed by atoms with E-state index in [1.165, 1.54) is 12.1 Å². The molecule has 198 valence electrons. The summed E-state index contributed by atoms with van der Waals surface area (Å²) < 4.78 is 27.4. The number of nitrogens with one attached hydrogen (secondary N) is 1. The van der Waals surface area contributed by atoms with Crippen molar-refractivity contribution in [2.24, 2.45) is 0 Å². The third kappa shape index (κ3) is 6.09. The molecule has 0 radical (unpaired) electrons. The van der Waals surface area contributed by atoms with E-state index < -0.39 is 11.6 Å². The van der Waals surface area contributed by atoms with Gasteiger partial charge in [0.25, 0.3) is 0 Å². The minimum atomic E-state index is -0.593. The molecular formula is C30H32F2N4O2. The molecule has 5 rings (SSSR count). The lowest BCUT2D eigenvalue weighted by atomic mass is 10.1. The van der Waals surface area contributed by atoms with Crippen molar-refractivity contribution in [1.82, 2.24) is 15.1 Å². The number of piperazine rings is 1. The Bertz CT molecular complexity index is 1250. The Balaban J connectivity index is 1.23. The van der Waals surface area contributed by atoms with Crippen LogP contribution in [0, 0.1) is 11.6 Å². The van der Waals surface area contributed by atoms with Gasteiger partial charge in [-0.05, 0) is 42.3 Å². The minimum Gasteiger partial charge on any atom is -0.368 e. The third-order valence-electron chi connectivity index (χ3n) is 7.50. The Kier molecular flexibility index (Phi) is 8.10. The highest BCUT2D eigenvalue weighted by atomic mass is 19.1. The fraction of sp³-hybridized carbons (Fsp3) is 0.333. The van der Waals surface area contributed by atoms with Crippen molar-refractivity contribution in [3.8, 4) is 0 Å². The predicted molar refractivity (Wildman–Crippen MR) is 143 cm³/mol. The van der Waals surface area contributed by atoms with Gasteiger partial charge in [-0.1, -0.05) is 36.4 Å². The first kappa shape index (κ1) is 26.0. The van der Waals surface area contributed by atoms with E-state index >= 15 is 0 Å². The Morgan fingerprint density at radius 1 is 0.947 bits per heavy atom. The molecule has 2 atom stereocenters. The van der Waals surface area contributed by atoms with Crippen molar-refractivity contribution in [1.29, 1.82) is 0 Å². The van der Waals surface area contributed by atoms with Gasteiger partial charge in [-0.25, -0.2) is 8.78 Å². The SMILES string of the molecule is O=Cc1ccc(N2CCN(C(=O)[C@@H]3C[C@H](NCc4ccc(F)cc4F)CN3Cc3ccccc3)CC2)cc1. The number of benzene rings is 3. The van der Waals surface area contributed by atoms with Crippen molar-refractivity contribution < 1.29 is 18.4 Å². The van der Waals surface area contributed by atoms with E-state index in [-0.39, 0.29) is 24.5 Å². The maximum absolute atomic E-state index is 14.2. The Morgan fingerprint density at radius 3 is 2.37 bits per heavy atom. The smallest absolute Gasteiger partial charge is 0.240 e. The van der Waals surface area contributed by atoms with Crippen LogP contribution < -0.4 is 10.2 Å². The molecule has 38 heavy (non-hydrogen) atoms. The average molecular weight is 519 g/mol. The first-order chi connectivity index (χ1) is 18.5. The number of aldehydes is 1. The van der Waals surface area contributed by atoms with Crippen molar-refractivity contribution in [3.63, 3.8) is 0 Å². The second kappa shape index (κ2) is 11.8. The molecule has 2 saturated heterocycles. The van der Waals surface area contributed by atoms with Crippen LogP contribution in [0.4, 0.5) is 14.5 Å². The van der Waals surface area contributed by atoms with E-state index in [0.29, 0.717) is 43.7 Å². The van der Waals surface area contributed by atoms with Gasteiger partial charge in [0.15, 0.2) is 0 Å². The molecule has 0 unspecified atom stereocenters. The maximum atomic E-state index is 14.2. The highest BCUT2D eigenvalue weighted by molar-refractivity contribution is 5.82. The van der Waals surface area contributed by atoms with Crippen LogP contribution in [0.2, 0.25) is 0 Å². The lowest BCUT2D eigenvalue weighted by Crippen LogP contribution is -2.53. The Labute approximate surface area is 221 Å². The zero-order chi connectivity index (χ0) is 26.5. The minimum absolute atomic E-state index is 0.00902. The number of nitrogens with zero attached hydrogens (tertiary/aromatic N) is 3. The molecule has 0 spiro atoms. The van der Waals surface area contributed by atoms with E-state index in [1.807, 2.05) is 47.4 Å². The molecule has 2 fully saturated rings. The summed E-state index contributed by atoms with van der Waals surface area (Å²) in [5.74, 6) is -1.04. The van der Waals surface area contributed by atoms with Crippen LogP contribution in [-0.4, -0.2) is 66.8 Å². The third-order valence-corrected chi connectivity index (χ3v) is 7.50. The molecule has 6 nitrogen and oxygen atoms in total. The molecule has 1 N–H and O–H groups in total. The zero-order valence-electron chi connectivity index (χ0n) is 21.2. The first-order valence-corrected chi connectivity index (χ1v) is 13.0. The molecule has 8 heteroatoms. The van der Waals surface area contributed by atoms with E-state index in [1.54, 1.807) is 0 Å². The van der Waals surface area contributed by atoms with Gasteiger partial charge in [-0.2, -0.15) is 0 Å². The first-order valence-electron chi connectivity index (χ1n) is 13.0. The molecule has 1 amide bonds. The Hall–Kier alpha value is -3.62. The largest absolute Gasteiger partial charge is 0.368 e. The van der Waals surface area contributed by atoms with Crippen LogP contribution in [-0.2, 0) is 17.9 Å². The van der Waals surface area contributed by atoms with Crippen LogP contribution in [0.3, 0.4) is 0 Å². The molecule has 0 saturated carbocycles. The highest BCUT2D eigenvalue weighted by Crippen LogP contribution is 2.25. The maximum Gasteiger partial charge on any atom is 0.240 e. The van der Waals surface area contributed by atoms with E-state index in [9.17, 15) is 18.4 Å². The predicted octanol–water partition coefficient (Wildman–Crippen LogP) is 3.86. The van der Waals surface area contributed by atoms with Gasteiger partial charge in [0.2, 0.25) is 5.91 Å². The summed E-state index contributed by atoms with van der Waals surface area (Å²) in [5, 5.41) is 3.39. The normalized spacial score (nSPS) is 20.1. The number of anilines is 1. The molecule has 2 aliphatic rings. The van der Waals surface area contributed by atoms with Crippen molar-refractivity contribution in [2.45, 2.75) is 31.6 Å². The monoisotopic (exact) mass is 518 g/mol. The molecular weight excluding hydrogens is 486 g/mol. The summed E-state index contributed by atoms with van der Waals surface area (Å²) in [6.45, 7) is 4.30. The number of carbonyl (C=O) groups is 2. The lowest BCUT2D eigenvalue weighted by Gasteiger charge is -2.38. The van der Waals surface area contributed by atoms with Crippen LogP contribution in [0.1, 0.15) is 27.9 Å². The summed E-state index contributed by atoms with van der Waals surface area (Å²) in [7, 11) is 0. The van der Waals surface area contributed by atoms with Crippen molar-refractivity contribution in [3.05, 3.63) is 101 Å². The summed E-state index contributed by atoms with van der Waals surface area (Å²) >= 11 is 0. The van der Waals surface area contributed by atoms with Gasteiger partial charge in [0.1, 0.15) is 17.9 Å². The zero-order valence-corrected chi connectivity index (χ0v) is 21.2. The molecule has 3 aromatic carbocycles. The summed E-state index contributed by atoms with van der Waals surface area (Å²) in [6.07, 6.45) is 1.46. The van der Waals surface area contributed by atoms with Crippen LogP contribution in [0.5, 0.6) is 0 Å². The van der Waals surface area contributed by atoms with Crippen LogP contribution in [0.25, 0.3) is 0 Å². The molecule has 0 aromatic heterocycles. The van der Waals surface area contributed by atoms with E-state index in [4.69, 9.17) is 0 Å². The summed E-state index contributed by atoms with van der Waals surface area (Å²) in [4.78, 5) is 31.1. The van der Waals surface area contributed by atoms with Gasteiger partial charge in [0, 0.05) is 74.7 Å². The van der Waals surface area contributed by atoms with Gasteiger partial charge >= 0.3 is 0 Å². The van der Waals surface area contributed by atoms with E-state index in [0.717, 1.165) is 36.7 Å². The lowest BCUT2D eigenvalue weighted by molar-refractivity contribution is -0.136. The summed E-state index contributed by atoms with van der Waals surface area (Å²) in [6, 6.07) is 21.0. The number of hydrogen-bond acceptors (Lipinski definition) is 5. The average Bonchev–Trinajstić information content (AvgIpc) is 3.35. The van der Waals surface area contributed by atoms with Gasteiger partial charge in [-0.15, -0.1) is 0 Å². The van der Waals surface area contributed by atoms with Gasteiger partial charge in [-0.3, -0.25) is 14.5 Å². The topological polar surface area (TPSA) is 55.9 Å². The number of halogens is 2. The number of hydrogen-bond donors (Lipinski definition) is 1. The Morgan fingerprint density at radius 2 is 1.68 bits per heavy atom. The van der Waals surface area contributed by atoms with Crippen molar-refractivity contribution >= 4 is 17.9 Å². The van der Waals surface area contributed by atoms with Crippen LogP contribution >= 0.6 is 0 Å². The fourth-order valence-electron chi connectivity index (χ4n) is 5.38. The highest BCUT2D eigenvalue weighted by Gasteiger charge is 2.39. The molecule has 2 heterocycles. The van der Waals surface area contributed by atoms with E-state index in [2.05, 4.69) is 27.2 Å². The molecule has 3 aromatic rings. The molecule has 2 aliphatic heterocycles. The van der Waals surface area contributed by atoms with Gasteiger partial charge < -0.3 is 15.1 Å². The quantitative estimate of drug-likeness (QED) is 0.459. The van der Waals surface area contributed by atoms with Gasteiger partial charge in [0.05, 0.1) is 6.04 Å². The standard InChI is InChI=1S/C30H32F2N4O2/c31-25-9-8-24(28(32)16-25)18-33-26-17-29(36(20-26)19-22-4-2-1-3-5-22)30(38)35-14-12-34(13-15-35)27-10-6-23(21-37)7-11-27/h1-11,16,21,26,29,33H,12-15,17-20H2/t26-,29-/m0/s1. The molecule has 0 bridgehead atoms. The number of amides is 1. The number of carbonyl (C=O) groups excluding carboxylic acids is 2.